The van der Waals surface area contributed by atoms with E-state index in [2.05, 4.69) is 29.5 Å². The summed E-state index contributed by atoms with van der Waals surface area (Å²) in [4.78, 5) is 16.5. The van der Waals surface area contributed by atoms with Gasteiger partial charge in [-0.1, -0.05) is 19.9 Å². The van der Waals surface area contributed by atoms with Crippen LogP contribution in [0.25, 0.3) is 0 Å². The lowest BCUT2D eigenvalue weighted by molar-refractivity contribution is -0.132. The molecule has 1 unspecified atom stereocenters. The molecule has 2 N–H and O–H groups in total. The quantitative estimate of drug-likeness (QED) is 0.842. The van der Waals surface area contributed by atoms with Crippen molar-refractivity contribution in [2.24, 2.45) is 11.3 Å². The minimum Gasteiger partial charge on any atom is -0.355 e. The number of amides is 1. The first-order valence-corrected chi connectivity index (χ1v) is 7.03. The molecule has 1 fully saturated rings. The Hall–Kier alpha value is -1.42. The summed E-state index contributed by atoms with van der Waals surface area (Å²) >= 11 is 0. The fraction of sp³-hybridized carbons (Fsp3) is 0.600. The highest BCUT2D eigenvalue weighted by atomic mass is 16.2. The average molecular weight is 261 g/mol. The predicted molar refractivity (Wildman–Crippen MR) is 75.7 cm³/mol. The molecule has 1 atom stereocenters. The zero-order valence-corrected chi connectivity index (χ0v) is 11.8. The molecule has 0 saturated carbocycles. The smallest absolute Gasteiger partial charge is 0.227 e. The molecule has 4 heteroatoms. The van der Waals surface area contributed by atoms with Crippen molar-refractivity contribution < 1.29 is 4.79 Å². The summed E-state index contributed by atoms with van der Waals surface area (Å²) < 4.78 is 0. The number of rotatable bonds is 5. The van der Waals surface area contributed by atoms with Crippen molar-refractivity contribution in [2.75, 3.05) is 19.6 Å². The molecule has 1 amide bonds. The Bertz CT molecular complexity index is 411. The molecule has 0 spiro atoms. The molecule has 1 saturated heterocycles. The number of nitrogens with one attached hydrogen (secondary N) is 2. The van der Waals surface area contributed by atoms with E-state index in [4.69, 9.17) is 0 Å². The molecule has 1 aromatic rings. The number of nitrogens with zero attached hydrogens (tertiary/aromatic N) is 1. The molecule has 0 aliphatic carbocycles. The first-order chi connectivity index (χ1) is 9.15. The first-order valence-electron chi connectivity index (χ1n) is 7.03. The highest BCUT2D eigenvalue weighted by Gasteiger charge is 2.43. The standard InChI is InChI=1S/C15H23N3O/c1-12(2)15(6-9-17-11-15)14(19)18-8-5-13-4-3-7-16-10-13/h3-4,7,10,12,17H,5-6,8-9,11H2,1-2H3,(H,18,19). The van der Waals surface area contributed by atoms with Crippen LogP contribution in [0.2, 0.25) is 0 Å². The average Bonchev–Trinajstić information content (AvgIpc) is 2.90. The number of carbonyl (C=O) groups excluding carboxylic acids is 1. The van der Waals surface area contributed by atoms with Crippen LogP contribution in [0.3, 0.4) is 0 Å². The maximum Gasteiger partial charge on any atom is 0.227 e. The van der Waals surface area contributed by atoms with E-state index < -0.39 is 0 Å². The lowest BCUT2D eigenvalue weighted by Gasteiger charge is -2.31. The third kappa shape index (κ3) is 3.13. The van der Waals surface area contributed by atoms with E-state index in [0.717, 1.165) is 31.5 Å². The molecule has 2 heterocycles. The van der Waals surface area contributed by atoms with Crippen molar-refractivity contribution in [3.05, 3.63) is 30.1 Å². The number of hydrogen-bond donors (Lipinski definition) is 2. The zero-order chi connectivity index (χ0) is 13.7. The van der Waals surface area contributed by atoms with E-state index in [0.29, 0.717) is 12.5 Å². The number of hydrogen-bond acceptors (Lipinski definition) is 3. The summed E-state index contributed by atoms with van der Waals surface area (Å²) in [6.45, 7) is 6.68. The molecule has 19 heavy (non-hydrogen) atoms. The summed E-state index contributed by atoms with van der Waals surface area (Å²) in [5.41, 5.74) is 0.931. The van der Waals surface area contributed by atoms with Gasteiger partial charge in [-0.25, -0.2) is 0 Å². The summed E-state index contributed by atoms with van der Waals surface area (Å²) in [6, 6.07) is 3.96. The molecular formula is C15H23N3O. The van der Waals surface area contributed by atoms with Crippen LogP contribution >= 0.6 is 0 Å². The second-order valence-electron chi connectivity index (χ2n) is 5.60. The van der Waals surface area contributed by atoms with Gasteiger partial charge in [-0.3, -0.25) is 9.78 Å². The Balaban J connectivity index is 1.87. The topological polar surface area (TPSA) is 54.0 Å². The van der Waals surface area contributed by atoms with E-state index in [1.807, 2.05) is 18.3 Å². The van der Waals surface area contributed by atoms with Crippen molar-refractivity contribution >= 4 is 5.91 Å². The van der Waals surface area contributed by atoms with Gasteiger partial charge >= 0.3 is 0 Å². The van der Waals surface area contributed by atoms with Crippen LogP contribution in [0.1, 0.15) is 25.8 Å². The fourth-order valence-corrected chi connectivity index (χ4v) is 2.70. The summed E-state index contributed by atoms with van der Waals surface area (Å²) in [5, 5.41) is 6.40. The molecule has 0 radical (unpaired) electrons. The van der Waals surface area contributed by atoms with Crippen LogP contribution in [0.4, 0.5) is 0 Å². The molecular weight excluding hydrogens is 238 g/mol. The summed E-state index contributed by atoms with van der Waals surface area (Å²) in [6.07, 6.45) is 5.38. The molecule has 104 valence electrons. The third-order valence-electron chi connectivity index (χ3n) is 4.17. The summed E-state index contributed by atoms with van der Waals surface area (Å²) in [7, 11) is 0. The number of aromatic nitrogens is 1. The fourth-order valence-electron chi connectivity index (χ4n) is 2.70. The van der Waals surface area contributed by atoms with Gasteiger partial charge in [0, 0.05) is 25.5 Å². The van der Waals surface area contributed by atoms with Gasteiger partial charge in [-0.15, -0.1) is 0 Å². The van der Waals surface area contributed by atoms with Gasteiger partial charge < -0.3 is 10.6 Å². The van der Waals surface area contributed by atoms with Crippen LogP contribution < -0.4 is 10.6 Å². The molecule has 1 aromatic heterocycles. The van der Waals surface area contributed by atoms with Crippen LogP contribution in [0, 0.1) is 11.3 Å². The van der Waals surface area contributed by atoms with Crippen LogP contribution in [0.5, 0.6) is 0 Å². The molecule has 2 rings (SSSR count). The van der Waals surface area contributed by atoms with E-state index >= 15 is 0 Å². The van der Waals surface area contributed by atoms with Gasteiger partial charge in [0.2, 0.25) is 5.91 Å². The van der Waals surface area contributed by atoms with E-state index in [9.17, 15) is 4.79 Å². The van der Waals surface area contributed by atoms with E-state index in [1.54, 1.807) is 6.20 Å². The van der Waals surface area contributed by atoms with Gasteiger partial charge in [0.25, 0.3) is 0 Å². The van der Waals surface area contributed by atoms with Gasteiger partial charge in [-0.05, 0) is 36.9 Å². The Morgan fingerprint density at radius 1 is 1.58 bits per heavy atom. The Morgan fingerprint density at radius 2 is 2.42 bits per heavy atom. The van der Waals surface area contributed by atoms with Crippen molar-refractivity contribution in [3.8, 4) is 0 Å². The Morgan fingerprint density at radius 3 is 3.00 bits per heavy atom. The molecule has 0 aromatic carbocycles. The third-order valence-corrected chi connectivity index (χ3v) is 4.17. The van der Waals surface area contributed by atoms with Gasteiger partial charge in [0.05, 0.1) is 5.41 Å². The lowest BCUT2D eigenvalue weighted by atomic mass is 9.75. The lowest BCUT2D eigenvalue weighted by Crippen LogP contribution is -2.46. The van der Waals surface area contributed by atoms with Crippen molar-refractivity contribution in [1.82, 2.24) is 15.6 Å². The van der Waals surface area contributed by atoms with Crippen molar-refractivity contribution in [1.29, 1.82) is 0 Å². The minimum absolute atomic E-state index is 0.191. The van der Waals surface area contributed by atoms with Crippen LogP contribution in [-0.4, -0.2) is 30.5 Å². The largest absolute Gasteiger partial charge is 0.355 e. The van der Waals surface area contributed by atoms with Gasteiger partial charge in [-0.2, -0.15) is 0 Å². The van der Waals surface area contributed by atoms with Gasteiger partial charge in [0.1, 0.15) is 0 Å². The van der Waals surface area contributed by atoms with Crippen molar-refractivity contribution in [3.63, 3.8) is 0 Å². The first kappa shape index (κ1) is 14.0. The summed E-state index contributed by atoms with van der Waals surface area (Å²) in [5.74, 6) is 0.553. The van der Waals surface area contributed by atoms with Crippen molar-refractivity contribution in [2.45, 2.75) is 26.7 Å². The molecule has 0 bridgehead atoms. The minimum atomic E-state index is -0.227. The van der Waals surface area contributed by atoms with Crippen LogP contribution in [-0.2, 0) is 11.2 Å². The van der Waals surface area contributed by atoms with E-state index in [-0.39, 0.29) is 11.3 Å². The predicted octanol–water partition coefficient (Wildman–Crippen LogP) is 1.38. The Kier molecular flexibility index (Phi) is 4.53. The maximum atomic E-state index is 12.4. The van der Waals surface area contributed by atoms with Crippen LogP contribution in [0.15, 0.2) is 24.5 Å². The highest BCUT2D eigenvalue weighted by molar-refractivity contribution is 5.83. The van der Waals surface area contributed by atoms with E-state index in [1.165, 1.54) is 0 Å². The SMILES string of the molecule is CC(C)C1(C(=O)NCCc2cccnc2)CCNC1. The second kappa shape index (κ2) is 6.15. The maximum absolute atomic E-state index is 12.4. The highest BCUT2D eigenvalue weighted by Crippen LogP contribution is 2.34. The molecule has 1 aliphatic heterocycles. The monoisotopic (exact) mass is 261 g/mol. The number of carbonyl (C=O) groups is 1. The number of pyridine rings is 1. The Labute approximate surface area is 115 Å². The molecule has 1 aliphatic rings. The van der Waals surface area contributed by atoms with Gasteiger partial charge in [0.15, 0.2) is 0 Å². The molecule has 4 nitrogen and oxygen atoms in total. The normalized spacial score (nSPS) is 22.7. The zero-order valence-electron chi connectivity index (χ0n) is 11.8. The second-order valence-corrected chi connectivity index (χ2v) is 5.60.